The molecule has 3 rings (SSSR count). The van der Waals surface area contributed by atoms with E-state index in [0.29, 0.717) is 0 Å². The maximum absolute atomic E-state index is 4.54. The molecular weight excluding hydrogens is 284 g/mol. The van der Waals surface area contributed by atoms with Gasteiger partial charge in [0.25, 0.3) is 0 Å². The second-order valence-electron chi connectivity index (χ2n) is 5.49. The van der Waals surface area contributed by atoms with Gasteiger partial charge in [-0.2, -0.15) is 5.10 Å². The van der Waals surface area contributed by atoms with Crippen LogP contribution >= 0.6 is 11.8 Å². The minimum atomic E-state index is 0.822. The van der Waals surface area contributed by atoms with Gasteiger partial charge in [-0.3, -0.25) is 4.68 Å². The quantitative estimate of drug-likeness (QED) is 0.935. The van der Waals surface area contributed by atoms with Crippen LogP contribution in [0.3, 0.4) is 0 Å². The lowest BCUT2D eigenvalue weighted by Gasteiger charge is -2.08. The van der Waals surface area contributed by atoms with Crippen LogP contribution in [0.1, 0.15) is 36.3 Å². The van der Waals surface area contributed by atoms with E-state index >= 15 is 0 Å². The van der Waals surface area contributed by atoms with Crippen molar-refractivity contribution in [3.63, 3.8) is 0 Å². The summed E-state index contributed by atoms with van der Waals surface area (Å²) in [6.45, 7) is 3.91. The second kappa shape index (κ2) is 6.19. The molecule has 114 valence electrons. The molecule has 0 fully saturated rings. The molecule has 0 bridgehead atoms. The Labute approximate surface area is 129 Å². The predicted octanol–water partition coefficient (Wildman–Crippen LogP) is 1.92. The summed E-state index contributed by atoms with van der Waals surface area (Å²) < 4.78 is 4.23. The third-order valence-corrected chi connectivity index (χ3v) is 5.09. The molecule has 0 aliphatic carbocycles. The predicted molar refractivity (Wildman–Crippen MR) is 82.4 cm³/mol. The zero-order chi connectivity index (χ0) is 14.8. The molecule has 2 aromatic rings. The van der Waals surface area contributed by atoms with Crippen LogP contribution in [0.25, 0.3) is 0 Å². The fraction of sp³-hybridized carbons (Fsp3) is 0.643. The Morgan fingerprint density at radius 3 is 2.90 bits per heavy atom. The van der Waals surface area contributed by atoms with E-state index in [1.807, 2.05) is 18.8 Å². The van der Waals surface area contributed by atoms with Crippen molar-refractivity contribution in [3.05, 3.63) is 17.1 Å². The first-order valence-electron chi connectivity index (χ1n) is 7.47. The topological polar surface area (TPSA) is 60.6 Å². The van der Waals surface area contributed by atoms with Crippen molar-refractivity contribution >= 4 is 11.8 Å². The monoisotopic (exact) mass is 306 g/mol. The smallest absolute Gasteiger partial charge is 0.197 e. The van der Waals surface area contributed by atoms with Crippen molar-refractivity contribution in [2.45, 2.75) is 55.9 Å². The number of hydrogen-bond donors (Lipinski definition) is 1. The summed E-state index contributed by atoms with van der Waals surface area (Å²) in [5.74, 6) is 1.13. The summed E-state index contributed by atoms with van der Waals surface area (Å²) in [5.41, 5.74) is 2.32. The molecule has 0 spiro atoms. The number of rotatable bonds is 4. The largest absolute Gasteiger partial charge is 0.316 e. The minimum Gasteiger partial charge on any atom is -0.316 e. The Hall–Kier alpha value is -1.34. The number of nitrogens with one attached hydrogen (secondary N) is 1. The van der Waals surface area contributed by atoms with Gasteiger partial charge in [-0.05, 0) is 38.6 Å². The normalized spacial score (nSPS) is 15.0. The number of fused-ring (bicyclic) bond motifs is 1. The van der Waals surface area contributed by atoms with E-state index in [4.69, 9.17) is 0 Å². The Morgan fingerprint density at radius 2 is 2.10 bits per heavy atom. The molecule has 0 aromatic carbocycles. The van der Waals surface area contributed by atoms with Crippen molar-refractivity contribution in [2.24, 2.45) is 7.05 Å². The lowest BCUT2D eigenvalue weighted by Crippen LogP contribution is -2.07. The number of aryl methyl sites for hydroxylation is 3. The Balaban J connectivity index is 1.92. The van der Waals surface area contributed by atoms with Gasteiger partial charge in [-0.1, -0.05) is 6.42 Å². The van der Waals surface area contributed by atoms with Gasteiger partial charge in [0.05, 0.1) is 5.69 Å². The lowest BCUT2D eigenvalue weighted by atomic mass is 10.2. The van der Waals surface area contributed by atoms with E-state index in [9.17, 15) is 0 Å². The summed E-state index contributed by atoms with van der Waals surface area (Å²) in [6, 6.07) is 0. The number of aromatic nitrogens is 5. The Bertz CT molecular complexity index is 630. The standard InChI is InChI=1S/C14H22N6S/c1-10-11(9-15-2)13(19(3)18-10)21-14-17-16-12-7-5-4-6-8-20(12)14/h15H,4-9H2,1-3H3. The van der Waals surface area contributed by atoms with Crippen molar-refractivity contribution < 1.29 is 0 Å². The molecule has 0 amide bonds. The summed E-state index contributed by atoms with van der Waals surface area (Å²) in [5, 5.41) is 18.7. The molecule has 0 atom stereocenters. The van der Waals surface area contributed by atoms with Crippen LogP contribution in [0.5, 0.6) is 0 Å². The highest BCUT2D eigenvalue weighted by Crippen LogP contribution is 2.32. The third kappa shape index (κ3) is 2.85. The zero-order valence-electron chi connectivity index (χ0n) is 12.9. The maximum atomic E-state index is 4.54. The first kappa shape index (κ1) is 14.6. The number of nitrogens with zero attached hydrogens (tertiary/aromatic N) is 5. The van der Waals surface area contributed by atoms with Crippen LogP contribution in [0, 0.1) is 6.92 Å². The molecule has 1 aliphatic rings. The highest BCUT2D eigenvalue weighted by Gasteiger charge is 2.20. The van der Waals surface area contributed by atoms with Crippen LogP contribution in [-0.2, 0) is 26.6 Å². The fourth-order valence-corrected chi connectivity index (χ4v) is 3.89. The third-order valence-electron chi connectivity index (χ3n) is 3.91. The first-order chi connectivity index (χ1) is 10.2. The molecule has 3 heterocycles. The highest BCUT2D eigenvalue weighted by molar-refractivity contribution is 7.99. The molecule has 0 unspecified atom stereocenters. The zero-order valence-corrected chi connectivity index (χ0v) is 13.7. The van der Waals surface area contributed by atoms with Crippen molar-refractivity contribution in [2.75, 3.05) is 7.05 Å². The van der Waals surface area contributed by atoms with Gasteiger partial charge < -0.3 is 9.88 Å². The van der Waals surface area contributed by atoms with E-state index in [1.54, 1.807) is 11.8 Å². The van der Waals surface area contributed by atoms with E-state index < -0.39 is 0 Å². The molecule has 7 heteroatoms. The second-order valence-corrected chi connectivity index (χ2v) is 6.44. The van der Waals surface area contributed by atoms with E-state index in [2.05, 4.69) is 32.1 Å². The Kier molecular flexibility index (Phi) is 4.30. The van der Waals surface area contributed by atoms with Gasteiger partial charge >= 0.3 is 0 Å². The average molecular weight is 306 g/mol. The van der Waals surface area contributed by atoms with Crippen LogP contribution in [-0.4, -0.2) is 31.6 Å². The molecule has 2 aromatic heterocycles. The average Bonchev–Trinajstić information content (AvgIpc) is 2.84. The molecule has 0 radical (unpaired) electrons. The van der Waals surface area contributed by atoms with Gasteiger partial charge in [0.15, 0.2) is 5.16 Å². The molecule has 0 saturated heterocycles. The molecule has 1 aliphatic heterocycles. The highest BCUT2D eigenvalue weighted by atomic mass is 32.2. The molecule has 21 heavy (non-hydrogen) atoms. The lowest BCUT2D eigenvalue weighted by molar-refractivity contribution is 0.589. The van der Waals surface area contributed by atoms with Gasteiger partial charge in [0.2, 0.25) is 0 Å². The van der Waals surface area contributed by atoms with Gasteiger partial charge in [-0.25, -0.2) is 0 Å². The minimum absolute atomic E-state index is 0.822. The van der Waals surface area contributed by atoms with E-state index in [1.165, 1.54) is 24.8 Å². The first-order valence-corrected chi connectivity index (χ1v) is 8.29. The maximum Gasteiger partial charge on any atom is 0.197 e. The molecule has 6 nitrogen and oxygen atoms in total. The summed E-state index contributed by atoms with van der Waals surface area (Å²) >= 11 is 1.68. The Morgan fingerprint density at radius 1 is 1.24 bits per heavy atom. The molecular formula is C14H22N6S. The van der Waals surface area contributed by atoms with E-state index in [-0.39, 0.29) is 0 Å². The van der Waals surface area contributed by atoms with Crippen LogP contribution < -0.4 is 5.32 Å². The number of hydrogen-bond acceptors (Lipinski definition) is 5. The SMILES string of the molecule is CNCc1c(C)nn(C)c1Sc1nnc2n1CCCCC2. The van der Waals surface area contributed by atoms with Crippen LogP contribution in [0.15, 0.2) is 10.2 Å². The van der Waals surface area contributed by atoms with Crippen LogP contribution in [0.4, 0.5) is 0 Å². The molecule has 1 N–H and O–H groups in total. The summed E-state index contributed by atoms with van der Waals surface area (Å²) in [6.07, 6.45) is 4.76. The van der Waals surface area contributed by atoms with Crippen molar-refractivity contribution in [1.29, 1.82) is 0 Å². The molecule has 0 saturated carbocycles. The van der Waals surface area contributed by atoms with Crippen LogP contribution in [0.2, 0.25) is 0 Å². The summed E-state index contributed by atoms with van der Waals surface area (Å²) in [4.78, 5) is 0. The van der Waals surface area contributed by atoms with Gasteiger partial charge in [0.1, 0.15) is 10.9 Å². The fourth-order valence-electron chi connectivity index (χ4n) is 2.81. The van der Waals surface area contributed by atoms with Crippen molar-refractivity contribution in [1.82, 2.24) is 29.9 Å². The van der Waals surface area contributed by atoms with Crippen molar-refractivity contribution in [3.8, 4) is 0 Å². The van der Waals surface area contributed by atoms with Gasteiger partial charge in [-0.15, -0.1) is 10.2 Å². The summed E-state index contributed by atoms with van der Waals surface area (Å²) in [7, 11) is 3.96. The van der Waals surface area contributed by atoms with Gasteiger partial charge in [0, 0.05) is 32.1 Å². The van der Waals surface area contributed by atoms with E-state index in [0.717, 1.165) is 41.2 Å².